The number of alkyl halides is 3. The summed E-state index contributed by atoms with van der Waals surface area (Å²) in [5, 5.41) is 3.01. The van der Waals surface area contributed by atoms with Crippen molar-refractivity contribution < 1.29 is 31.2 Å². The lowest BCUT2D eigenvalue weighted by Crippen LogP contribution is -2.61. The second-order valence-electron chi connectivity index (χ2n) is 8.43. The maximum absolute atomic E-state index is 13.0. The highest BCUT2D eigenvalue weighted by Crippen LogP contribution is 2.32. The summed E-state index contributed by atoms with van der Waals surface area (Å²) in [6.07, 6.45) is -3.18. The fraction of sp³-hybridized carbons (Fsp3) is 0.600. The van der Waals surface area contributed by atoms with Crippen molar-refractivity contribution in [3.8, 4) is 0 Å². The van der Waals surface area contributed by atoms with Gasteiger partial charge in [0.15, 0.2) is 5.25 Å². The van der Waals surface area contributed by atoms with Gasteiger partial charge in [-0.3, -0.25) is 15.0 Å². The fourth-order valence-electron chi connectivity index (χ4n) is 4.62. The number of halogens is 3. The molecule has 3 heterocycles. The van der Waals surface area contributed by atoms with Crippen LogP contribution in [0.2, 0.25) is 0 Å². The third kappa shape index (κ3) is 5.09. The van der Waals surface area contributed by atoms with Crippen LogP contribution in [0.25, 0.3) is 0 Å². The van der Waals surface area contributed by atoms with Gasteiger partial charge in [0.05, 0.1) is 5.56 Å². The zero-order valence-electron chi connectivity index (χ0n) is 17.8. The first-order chi connectivity index (χ1) is 15.6. The standard InChI is InChI=1S/C20H26F3N5O4S/c21-20(22,23)14-2-1-3-16(12-14)27-10-8-26(9-11-27)15-4-6-28(7-5-15)33(31,32)17-13-24-19(30)25-18(17)29/h1-3,12,15,17H,4-11,13H2,(H2,24,25,29,30). The Bertz CT molecular complexity index is 1000. The van der Waals surface area contributed by atoms with Crippen LogP contribution in [0, 0.1) is 0 Å². The van der Waals surface area contributed by atoms with Crippen LogP contribution in [0.4, 0.5) is 23.7 Å². The summed E-state index contributed by atoms with van der Waals surface area (Å²) in [7, 11) is -3.88. The molecule has 13 heteroatoms. The molecule has 0 aromatic heterocycles. The van der Waals surface area contributed by atoms with Gasteiger partial charge in [-0.25, -0.2) is 17.5 Å². The van der Waals surface area contributed by atoms with Crippen LogP contribution >= 0.6 is 0 Å². The Hall–Kier alpha value is -2.38. The summed E-state index contributed by atoms with van der Waals surface area (Å²) in [6, 6.07) is 4.79. The Labute approximate surface area is 189 Å². The van der Waals surface area contributed by atoms with Gasteiger partial charge in [0.2, 0.25) is 15.9 Å². The van der Waals surface area contributed by atoms with Crippen molar-refractivity contribution in [3.63, 3.8) is 0 Å². The van der Waals surface area contributed by atoms with E-state index in [0.717, 1.165) is 6.07 Å². The van der Waals surface area contributed by atoms with E-state index in [1.54, 1.807) is 6.07 Å². The molecule has 1 aromatic rings. The maximum Gasteiger partial charge on any atom is 0.416 e. The zero-order valence-corrected chi connectivity index (χ0v) is 18.7. The monoisotopic (exact) mass is 489 g/mol. The number of piperidine rings is 1. The average molecular weight is 490 g/mol. The zero-order chi connectivity index (χ0) is 23.8. The number of nitrogens with one attached hydrogen (secondary N) is 2. The molecule has 0 spiro atoms. The first-order valence-corrected chi connectivity index (χ1v) is 12.3. The van der Waals surface area contributed by atoms with E-state index in [0.29, 0.717) is 44.7 Å². The molecule has 1 atom stereocenters. The fourth-order valence-corrected chi connectivity index (χ4v) is 6.32. The summed E-state index contributed by atoms with van der Waals surface area (Å²) < 4.78 is 66.0. The smallest absolute Gasteiger partial charge is 0.369 e. The summed E-state index contributed by atoms with van der Waals surface area (Å²) in [5.41, 5.74) is -0.120. The molecule has 9 nitrogen and oxygen atoms in total. The van der Waals surface area contributed by atoms with Crippen molar-refractivity contribution in [1.82, 2.24) is 19.8 Å². The Kier molecular flexibility index (Phi) is 6.56. The quantitative estimate of drug-likeness (QED) is 0.650. The topological polar surface area (TPSA) is 102 Å². The molecular formula is C20H26F3N5O4S. The largest absolute Gasteiger partial charge is 0.416 e. The van der Waals surface area contributed by atoms with Gasteiger partial charge in [-0.05, 0) is 31.0 Å². The average Bonchev–Trinajstić information content (AvgIpc) is 2.78. The van der Waals surface area contributed by atoms with E-state index in [9.17, 15) is 31.2 Å². The summed E-state index contributed by atoms with van der Waals surface area (Å²) >= 11 is 0. The van der Waals surface area contributed by atoms with Crippen molar-refractivity contribution in [2.75, 3.05) is 50.7 Å². The number of imide groups is 1. The van der Waals surface area contributed by atoms with Crippen LogP contribution in [-0.4, -0.2) is 86.7 Å². The van der Waals surface area contributed by atoms with Crippen LogP contribution in [0.1, 0.15) is 18.4 Å². The number of rotatable bonds is 4. The molecule has 3 aliphatic rings. The van der Waals surface area contributed by atoms with Gasteiger partial charge in [0, 0.05) is 57.5 Å². The van der Waals surface area contributed by atoms with Gasteiger partial charge in [-0.2, -0.15) is 13.2 Å². The molecule has 3 saturated heterocycles. The van der Waals surface area contributed by atoms with Crippen LogP contribution in [0.3, 0.4) is 0 Å². The molecule has 33 heavy (non-hydrogen) atoms. The van der Waals surface area contributed by atoms with Crippen LogP contribution < -0.4 is 15.5 Å². The molecular weight excluding hydrogens is 463 g/mol. The van der Waals surface area contributed by atoms with E-state index >= 15 is 0 Å². The third-order valence-electron chi connectivity index (χ3n) is 6.49. The summed E-state index contributed by atoms with van der Waals surface area (Å²) in [6.45, 7) is 2.82. The van der Waals surface area contributed by atoms with E-state index < -0.39 is 39.0 Å². The molecule has 0 saturated carbocycles. The number of amides is 3. The normalized spacial score (nSPS) is 24.5. The predicted octanol–water partition coefficient (Wildman–Crippen LogP) is 0.830. The molecule has 182 valence electrons. The number of piperazine rings is 1. The second-order valence-corrected chi connectivity index (χ2v) is 10.5. The first kappa shape index (κ1) is 23.8. The Morgan fingerprint density at radius 3 is 2.24 bits per heavy atom. The van der Waals surface area contributed by atoms with Crippen LogP contribution in [0.15, 0.2) is 24.3 Å². The van der Waals surface area contributed by atoms with Gasteiger partial charge in [0.1, 0.15) is 0 Å². The van der Waals surface area contributed by atoms with Gasteiger partial charge in [-0.1, -0.05) is 6.07 Å². The Morgan fingerprint density at radius 2 is 1.64 bits per heavy atom. The molecule has 1 unspecified atom stereocenters. The molecule has 3 amide bonds. The third-order valence-corrected chi connectivity index (χ3v) is 8.67. The van der Waals surface area contributed by atoms with Crippen LogP contribution in [0.5, 0.6) is 0 Å². The highest BCUT2D eigenvalue weighted by molar-refractivity contribution is 7.90. The highest BCUT2D eigenvalue weighted by Gasteiger charge is 2.42. The number of hydrogen-bond donors (Lipinski definition) is 2. The van der Waals surface area contributed by atoms with Gasteiger partial charge in [-0.15, -0.1) is 0 Å². The number of nitrogens with zero attached hydrogens (tertiary/aromatic N) is 3. The molecule has 0 bridgehead atoms. The minimum absolute atomic E-state index is 0.167. The molecule has 1 aromatic carbocycles. The second kappa shape index (κ2) is 9.11. The number of carbonyl (C=O) groups excluding carboxylic acids is 2. The van der Waals surface area contributed by atoms with E-state index in [2.05, 4.69) is 10.2 Å². The Morgan fingerprint density at radius 1 is 0.970 bits per heavy atom. The lowest BCUT2D eigenvalue weighted by Gasteiger charge is -2.43. The SMILES string of the molecule is O=C1NCC(S(=O)(=O)N2CCC(N3CCN(c4cccc(C(F)(F)F)c4)CC3)CC2)C(=O)N1. The van der Waals surface area contributed by atoms with Crippen molar-refractivity contribution in [1.29, 1.82) is 0 Å². The summed E-state index contributed by atoms with van der Waals surface area (Å²) in [5.74, 6) is -0.813. The van der Waals surface area contributed by atoms with Gasteiger partial charge >= 0.3 is 12.2 Å². The first-order valence-electron chi connectivity index (χ1n) is 10.8. The number of carbonyl (C=O) groups is 2. The summed E-state index contributed by atoms with van der Waals surface area (Å²) in [4.78, 5) is 27.4. The highest BCUT2D eigenvalue weighted by atomic mass is 32.2. The van der Waals surface area contributed by atoms with Crippen LogP contribution in [-0.2, 0) is 21.0 Å². The van der Waals surface area contributed by atoms with Gasteiger partial charge in [0.25, 0.3) is 0 Å². The van der Waals surface area contributed by atoms with Crippen molar-refractivity contribution in [2.45, 2.75) is 30.3 Å². The van der Waals surface area contributed by atoms with E-state index in [1.165, 1.54) is 16.4 Å². The molecule has 4 rings (SSSR count). The molecule has 3 aliphatic heterocycles. The van der Waals surface area contributed by atoms with Gasteiger partial charge < -0.3 is 10.2 Å². The Balaban J connectivity index is 1.30. The molecule has 0 aliphatic carbocycles. The minimum atomic E-state index is -4.38. The molecule has 3 fully saturated rings. The number of benzene rings is 1. The van der Waals surface area contributed by atoms with E-state index in [4.69, 9.17) is 0 Å². The molecule has 2 N–H and O–H groups in total. The lowest BCUT2D eigenvalue weighted by molar-refractivity contribution is -0.137. The van der Waals surface area contributed by atoms with Crippen molar-refractivity contribution in [3.05, 3.63) is 29.8 Å². The predicted molar refractivity (Wildman–Crippen MR) is 114 cm³/mol. The number of sulfonamides is 1. The number of anilines is 1. The number of urea groups is 1. The van der Waals surface area contributed by atoms with E-state index in [-0.39, 0.29) is 25.7 Å². The lowest BCUT2D eigenvalue weighted by atomic mass is 10.0. The van der Waals surface area contributed by atoms with E-state index in [1.807, 2.05) is 10.2 Å². The minimum Gasteiger partial charge on any atom is -0.369 e. The van der Waals surface area contributed by atoms with Crippen molar-refractivity contribution in [2.24, 2.45) is 0 Å². The van der Waals surface area contributed by atoms with Crippen molar-refractivity contribution >= 4 is 27.6 Å². The molecule has 0 radical (unpaired) electrons. The maximum atomic E-state index is 13.0. The number of hydrogen-bond acceptors (Lipinski definition) is 6.